The molecule has 0 unspecified atom stereocenters. The molecule has 0 saturated carbocycles. The molecule has 1 aromatic rings. The summed E-state index contributed by atoms with van der Waals surface area (Å²) in [5.74, 6) is 0.792. The molecule has 2 N–H and O–H groups in total. The molecule has 0 spiro atoms. The second-order valence-electron chi connectivity index (χ2n) is 3.01. The Morgan fingerprint density at radius 3 is 2.67 bits per heavy atom. The average molecular weight is 166 g/mol. The number of nitrogens with zero attached hydrogens (tertiary/aromatic N) is 3. The molecule has 0 fully saturated rings. The SMILES string of the molecule is CC(C)N(C)c1ncncc1N. The van der Waals surface area contributed by atoms with Gasteiger partial charge in [-0.25, -0.2) is 9.97 Å². The summed E-state index contributed by atoms with van der Waals surface area (Å²) in [4.78, 5) is 9.92. The smallest absolute Gasteiger partial charge is 0.155 e. The molecule has 0 saturated heterocycles. The van der Waals surface area contributed by atoms with Crippen LogP contribution in [-0.4, -0.2) is 23.1 Å². The first-order valence-electron chi connectivity index (χ1n) is 3.91. The zero-order chi connectivity index (χ0) is 9.14. The Balaban J connectivity index is 2.94. The van der Waals surface area contributed by atoms with Gasteiger partial charge in [0.1, 0.15) is 6.33 Å². The predicted molar refractivity (Wildman–Crippen MR) is 50.0 cm³/mol. The number of anilines is 2. The molecular weight excluding hydrogens is 152 g/mol. The van der Waals surface area contributed by atoms with E-state index in [1.807, 2.05) is 11.9 Å². The lowest BCUT2D eigenvalue weighted by Gasteiger charge is -2.23. The predicted octanol–water partition coefficient (Wildman–Crippen LogP) is 0.903. The third kappa shape index (κ3) is 1.64. The van der Waals surface area contributed by atoms with Gasteiger partial charge in [-0.05, 0) is 13.8 Å². The van der Waals surface area contributed by atoms with Gasteiger partial charge in [-0.15, -0.1) is 0 Å². The van der Waals surface area contributed by atoms with Gasteiger partial charge >= 0.3 is 0 Å². The van der Waals surface area contributed by atoms with E-state index in [1.165, 1.54) is 6.33 Å². The highest BCUT2D eigenvalue weighted by Gasteiger charge is 2.08. The highest BCUT2D eigenvalue weighted by Crippen LogP contribution is 2.17. The summed E-state index contributed by atoms with van der Waals surface area (Å²) in [5.41, 5.74) is 6.31. The normalized spacial score (nSPS) is 10.3. The van der Waals surface area contributed by atoms with Crippen molar-refractivity contribution in [3.8, 4) is 0 Å². The van der Waals surface area contributed by atoms with Crippen LogP contribution in [0.4, 0.5) is 11.5 Å². The second kappa shape index (κ2) is 3.38. The summed E-state index contributed by atoms with van der Waals surface area (Å²) in [7, 11) is 1.96. The highest BCUT2D eigenvalue weighted by atomic mass is 15.2. The first-order valence-corrected chi connectivity index (χ1v) is 3.91. The Morgan fingerprint density at radius 1 is 1.50 bits per heavy atom. The van der Waals surface area contributed by atoms with Crippen LogP contribution in [0.1, 0.15) is 13.8 Å². The Labute approximate surface area is 72.4 Å². The topological polar surface area (TPSA) is 55.0 Å². The standard InChI is InChI=1S/C8H14N4/c1-6(2)12(3)8-7(9)4-10-5-11-8/h4-6H,9H2,1-3H3. The molecule has 0 aliphatic rings. The van der Waals surface area contributed by atoms with E-state index in [0.29, 0.717) is 11.7 Å². The molecule has 12 heavy (non-hydrogen) atoms. The molecule has 4 nitrogen and oxygen atoms in total. The molecule has 1 aromatic heterocycles. The van der Waals surface area contributed by atoms with E-state index in [0.717, 1.165) is 5.82 Å². The van der Waals surface area contributed by atoms with E-state index in [9.17, 15) is 0 Å². The van der Waals surface area contributed by atoms with Crippen molar-refractivity contribution in [2.75, 3.05) is 17.7 Å². The van der Waals surface area contributed by atoms with Gasteiger partial charge in [-0.1, -0.05) is 0 Å². The molecule has 0 aromatic carbocycles. The van der Waals surface area contributed by atoms with Gasteiger partial charge < -0.3 is 10.6 Å². The van der Waals surface area contributed by atoms with Crippen LogP contribution in [0, 0.1) is 0 Å². The summed E-state index contributed by atoms with van der Waals surface area (Å²) < 4.78 is 0. The van der Waals surface area contributed by atoms with Gasteiger partial charge in [0, 0.05) is 13.1 Å². The summed E-state index contributed by atoms with van der Waals surface area (Å²) in [5, 5.41) is 0. The third-order valence-corrected chi connectivity index (χ3v) is 1.83. The third-order valence-electron chi connectivity index (χ3n) is 1.83. The van der Waals surface area contributed by atoms with E-state index >= 15 is 0 Å². The first-order chi connectivity index (χ1) is 5.63. The lowest BCUT2D eigenvalue weighted by molar-refractivity contribution is 0.743. The van der Waals surface area contributed by atoms with E-state index in [4.69, 9.17) is 5.73 Å². The fourth-order valence-electron chi connectivity index (χ4n) is 0.873. The van der Waals surface area contributed by atoms with Gasteiger partial charge in [-0.2, -0.15) is 0 Å². The fourth-order valence-corrected chi connectivity index (χ4v) is 0.873. The first kappa shape index (κ1) is 8.77. The Morgan fingerprint density at radius 2 is 2.17 bits per heavy atom. The molecular formula is C8H14N4. The molecule has 0 aliphatic carbocycles. The lowest BCUT2D eigenvalue weighted by atomic mass is 10.3. The molecule has 0 amide bonds. The van der Waals surface area contributed by atoms with Gasteiger partial charge in [0.05, 0.1) is 11.9 Å². The number of rotatable bonds is 2. The molecule has 1 rings (SSSR count). The summed E-state index contributed by atoms with van der Waals surface area (Å²) in [6.45, 7) is 4.17. The van der Waals surface area contributed by atoms with Crippen molar-refractivity contribution in [1.29, 1.82) is 0 Å². The maximum Gasteiger partial charge on any atom is 0.155 e. The minimum Gasteiger partial charge on any atom is -0.394 e. The van der Waals surface area contributed by atoms with E-state index < -0.39 is 0 Å². The summed E-state index contributed by atoms with van der Waals surface area (Å²) in [6, 6.07) is 0.391. The van der Waals surface area contributed by atoms with Gasteiger partial charge in [0.15, 0.2) is 5.82 Å². The number of hydrogen-bond acceptors (Lipinski definition) is 4. The number of aromatic nitrogens is 2. The minimum absolute atomic E-state index is 0.391. The lowest BCUT2D eigenvalue weighted by Crippen LogP contribution is -2.27. The molecule has 0 bridgehead atoms. The van der Waals surface area contributed by atoms with Gasteiger partial charge in [-0.3, -0.25) is 0 Å². The zero-order valence-electron chi connectivity index (χ0n) is 7.65. The average Bonchev–Trinajstić information content (AvgIpc) is 2.04. The van der Waals surface area contributed by atoms with Crippen LogP contribution >= 0.6 is 0 Å². The van der Waals surface area contributed by atoms with Crippen molar-refractivity contribution in [3.63, 3.8) is 0 Å². The molecule has 66 valence electrons. The van der Waals surface area contributed by atoms with E-state index in [2.05, 4.69) is 23.8 Å². The molecule has 1 heterocycles. The largest absolute Gasteiger partial charge is 0.394 e. The molecule has 0 aliphatic heterocycles. The Bertz CT molecular complexity index is 259. The van der Waals surface area contributed by atoms with E-state index in [1.54, 1.807) is 6.20 Å². The quantitative estimate of drug-likeness (QED) is 0.709. The van der Waals surface area contributed by atoms with Crippen molar-refractivity contribution in [2.24, 2.45) is 0 Å². The van der Waals surface area contributed by atoms with Crippen molar-refractivity contribution in [3.05, 3.63) is 12.5 Å². The van der Waals surface area contributed by atoms with Gasteiger partial charge in [0.2, 0.25) is 0 Å². The fraction of sp³-hybridized carbons (Fsp3) is 0.500. The van der Waals surface area contributed by atoms with Crippen molar-refractivity contribution in [2.45, 2.75) is 19.9 Å². The maximum atomic E-state index is 5.69. The van der Waals surface area contributed by atoms with E-state index in [-0.39, 0.29) is 0 Å². The minimum atomic E-state index is 0.391. The van der Waals surface area contributed by atoms with Crippen LogP contribution in [0.3, 0.4) is 0 Å². The summed E-state index contributed by atoms with van der Waals surface area (Å²) in [6.07, 6.45) is 3.12. The van der Waals surface area contributed by atoms with Crippen LogP contribution in [0.15, 0.2) is 12.5 Å². The van der Waals surface area contributed by atoms with Crippen LogP contribution in [-0.2, 0) is 0 Å². The Hall–Kier alpha value is -1.32. The molecule has 0 atom stereocenters. The monoisotopic (exact) mass is 166 g/mol. The van der Waals surface area contributed by atoms with Crippen molar-refractivity contribution in [1.82, 2.24) is 9.97 Å². The number of nitrogens with two attached hydrogens (primary N) is 1. The van der Waals surface area contributed by atoms with Crippen LogP contribution in [0.25, 0.3) is 0 Å². The molecule has 0 radical (unpaired) electrons. The Kier molecular flexibility index (Phi) is 2.47. The number of hydrogen-bond donors (Lipinski definition) is 1. The van der Waals surface area contributed by atoms with Crippen molar-refractivity contribution < 1.29 is 0 Å². The second-order valence-corrected chi connectivity index (χ2v) is 3.01. The van der Waals surface area contributed by atoms with Crippen LogP contribution < -0.4 is 10.6 Å². The highest BCUT2D eigenvalue weighted by molar-refractivity contribution is 5.60. The van der Waals surface area contributed by atoms with Crippen molar-refractivity contribution >= 4 is 11.5 Å². The molecule has 4 heteroatoms. The number of nitrogen functional groups attached to an aromatic ring is 1. The zero-order valence-corrected chi connectivity index (χ0v) is 7.65. The maximum absolute atomic E-state index is 5.69. The van der Waals surface area contributed by atoms with Crippen LogP contribution in [0.5, 0.6) is 0 Å². The summed E-state index contributed by atoms with van der Waals surface area (Å²) >= 11 is 0. The van der Waals surface area contributed by atoms with Gasteiger partial charge in [0.25, 0.3) is 0 Å². The van der Waals surface area contributed by atoms with Crippen LogP contribution in [0.2, 0.25) is 0 Å².